The van der Waals surface area contributed by atoms with E-state index >= 15 is 0 Å². The van der Waals surface area contributed by atoms with Crippen molar-refractivity contribution in [1.29, 1.82) is 0 Å². The molecular weight excluding hydrogens is 257 g/mol. The van der Waals surface area contributed by atoms with Crippen LogP contribution in [-0.4, -0.2) is 18.1 Å². The Morgan fingerprint density at radius 3 is 2.50 bits per heavy atom. The van der Waals surface area contributed by atoms with Gasteiger partial charge in [0.1, 0.15) is 11.4 Å². The van der Waals surface area contributed by atoms with Gasteiger partial charge in [0.2, 0.25) is 0 Å². The average molecular weight is 281 g/mol. The highest BCUT2D eigenvalue weighted by Gasteiger charge is 2.15. The number of ether oxygens (including phenoxy) is 1. The maximum atomic E-state index is 13.8. The molecular formula is C16H24FNO2. The van der Waals surface area contributed by atoms with Gasteiger partial charge in [-0.05, 0) is 38.3 Å². The predicted molar refractivity (Wildman–Crippen MR) is 78.0 cm³/mol. The van der Waals surface area contributed by atoms with Crippen LogP contribution in [0, 0.1) is 5.82 Å². The summed E-state index contributed by atoms with van der Waals surface area (Å²) in [7, 11) is 0. The molecule has 0 heterocycles. The molecule has 0 bridgehead atoms. The molecule has 1 N–H and O–H groups in total. The molecule has 0 aliphatic rings. The summed E-state index contributed by atoms with van der Waals surface area (Å²) in [6.45, 7) is 9.87. The third-order valence-corrected chi connectivity index (χ3v) is 2.75. The van der Waals surface area contributed by atoms with Gasteiger partial charge < -0.3 is 10.1 Å². The van der Waals surface area contributed by atoms with Crippen LogP contribution in [0.3, 0.4) is 0 Å². The molecule has 0 aromatic heterocycles. The highest BCUT2D eigenvalue weighted by atomic mass is 19.1. The van der Waals surface area contributed by atoms with E-state index in [0.29, 0.717) is 18.0 Å². The van der Waals surface area contributed by atoms with Gasteiger partial charge in [-0.15, -0.1) is 0 Å². The SMILES string of the molecule is CC(C)c1ccc(CNCC(=O)OC(C)(C)C)c(F)c1. The maximum Gasteiger partial charge on any atom is 0.320 e. The first-order valence-electron chi connectivity index (χ1n) is 6.90. The molecule has 0 saturated carbocycles. The zero-order valence-electron chi connectivity index (χ0n) is 12.9. The van der Waals surface area contributed by atoms with Crippen molar-refractivity contribution in [3.8, 4) is 0 Å². The Morgan fingerprint density at radius 1 is 1.35 bits per heavy atom. The van der Waals surface area contributed by atoms with Crippen LogP contribution in [0.1, 0.15) is 51.7 Å². The first-order chi connectivity index (χ1) is 9.19. The zero-order chi connectivity index (χ0) is 15.3. The van der Waals surface area contributed by atoms with Crippen molar-refractivity contribution in [3.05, 3.63) is 35.1 Å². The summed E-state index contributed by atoms with van der Waals surface area (Å²) < 4.78 is 19.0. The van der Waals surface area contributed by atoms with Gasteiger partial charge in [0.15, 0.2) is 0 Å². The molecule has 3 nitrogen and oxygen atoms in total. The Morgan fingerprint density at radius 2 is 2.00 bits per heavy atom. The second-order valence-corrected chi connectivity index (χ2v) is 6.20. The quantitative estimate of drug-likeness (QED) is 0.841. The Hall–Kier alpha value is -1.42. The minimum absolute atomic E-state index is 0.0721. The molecule has 0 saturated heterocycles. The van der Waals surface area contributed by atoms with E-state index in [9.17, 15) is 9.18 Å². The van der Waals surface area contributed by atoms with Crippen LogP contribution in [-0.2, 0) is 16.1 Å². The molecule has 0 atom stereocenters. The highest BCUT2D eigenvalue weighted by molar-refractivity contribution is 5.72. The summed E-state index contributed by atoms with van der Waals surface area (Å²) >= 11 is 0. The molecule has 0 aliphatic heterocycles. The molecule has 1 rings (SSSR count). The maximum absolute atomic E-state index is 13.8. The average Bonchev–Trinajstić information content (AvgIpc) is 2.28. The molecule has 0 radical (unpaired) electrons. The summed E-state index contributed by atoms with van der Waals surface area (Å²) in [5.41, 5.74) is 1.03. The molecule has 0 spiro atoms. The fourth-order valence-electron chi connectivity index (χ4n) is 1.74. The van der Waals surface area contributed by atoms with E-state index in [1.165, 1.54) is 0 Å². The number of carbonyl (C=O) groups excluding carboxylic acids is 1. The minimum atomic E-state index is -0.497. The molecule has 0 unspecified atom stereocenters. The van der Waals surface area contributed by atoms with Crippen LogP contribution in [0.25, 0.3) is 0 Å². The topological polar surface area (TPSA) is 38.3 Å². The van der Waals surface area contributed by atoms with Gasteiger partial charge in [-0.25, -0.2) is 4.39 Å². The molecule has 20 heavy (non-hydrogen) atoms. The molecule has 1 aromatic rings. The van der Waals surface area contributed by atoms with E-state index in [-0.39, 0.29) is 18.3 Å². The number of hydrogen-bond donors (Lipinski definition) is 1. The van der Waals surface area contributed by atoms with Crippen molar-refractivity contribution in [2.45, 2.75) is 52.7 Å². The zero-order valence-corrected chi connectivity index (χ0v) is 12.9. The smallest absolute Gasteiger partial charge is 0.320 e. The Labute approximate surface area is 120 Å². The third-order valence-electron chi connectivity index (χ3n) is 2.75. The first-order valence-corrected chi connectivity index (χ1v) is 6.90. The van der Waals surface area contributed by atoms with Gasteiger partial charge in [0.25, 0.3) is 0 Å². The number of halogens is 1. The third kappa shape index (κ3) is 5.70. The highest BCUT2D eigenvalue weighted by Crippen LogP contribution is 2.17. The van der Waals surface area contributed by atoms with Crippen LogP contribution in [0.5, 0.6) is 0 Å². The van der Waals surface area contributed by atoms with Crippen molar-refractivity contribution >= 4 is 5.97 Å². The largest absolute Gasteiger partial charge is 0.459 e. The fourth-order valence-corrected chi connectivity index (χ4v) is 1.74. The van der Waals surface area contributed by atoms with Crippen molar-refractivity contribution in [3.63, 3.8) is 0 Å². The molecule has 0 amide bonds. The van der Waals surface area contributed by atoms with Gasteiger partial charge in [0.05, 0.1) is 6.54 Å². The molecule has 112 valence electrons. The Balaban J connectivity index is 2.48. The Bertz CT molecular complexity index is 464. The second kappa shape index (κ2) is 6.84. The molecule has 1 aromatic carbocycles. The second-order valence-electron chi connectivity index (χ2n) is 6.20. The number of benzene rings is 1. The van der Waals surface area contributed by atoms with E-state index in [4.69, 9.17) is 4.74 Å². The van der Waals surface area contributed by atoms with Crippen molar-refractivity contribution in [2.24, 2.45) is 0 Å². The number of esters is 1. The van der Waals surface area contributed by atoms with Crippen molar-refractivity contribution in [1.82, 2.24) is 5.32 Å². The number of nitrogens with one attached hydrogen (secondary N) is 1. The monoisotopic (exact) mass is 281 g/mol. The van der Waals surface area contributed by atoms with Gasteiger partial charge >= 0.3 is 5.97 Å². The number of hydrogen-bond acceptors (Lipinski definition) is 3. The van der Waals surface area contributed by atoms with Crippen molar-refractivity contribution < 1.29 is 13.9 Å². The molecule has 0 fully saturated rings. The van der Waals surface area contributed by atoms with Crippen LogP contribution >= 0.6 is 0 Å². The lowest BCUT2D eigenvalue weighted by Gasteiger charge is -2.19. The van der Waals surface area contributed by atoms with Crippen LogP contribution in [0.15, 0.2) is 18.2 Å². The number of rotatable bonds is 5. The predicted octanol–water partition coefficient (Wildman–Crippen LogP) is 3.38. The van der Waals surface area contributed by atoms with E-state index in [0.717, 1.165) is 5.56 Å². The van der Waals surface area contributed by atoms with Gasteiger partial charge in [-0.3, -0.25) is 4.79 Å². The van der Waals surface area contributed by atoms with Gasteiger partial charge in [-0.2, -0.15) is 0 Å². The summed E-state index contributed by atoms with van der Waals surface area (Å²) in [5.74, 6) is -0.280. The minimum Gasteiger partial charge on any atom is -0.459 e. The summed E-state index contributed by atoms with van der Waals surface area (Å²) in [5, 5.41) is 2.90. The summed E-state index contributed by atoms with van der Waals surface area (Å²) in [6.07, 6.45) is 0. The lowest BCUT2D eigenvalue weighted by molar-refractivity contribution is -0.153. The molecule has 0 aliphatic carbocycles. The van der Waals surface area contributed by atoms with Crippen LogP contribution in [0.2, 0.25) is 0 Å². The van der Waals surface area contributed by atoms with E-state index in [2.05, 4.69) is 5.32 Å². The van der Waals surface area contributed by atoms with Crippen LogP contribution in [0.4, 0.5) is 4.39 Å². The normalized spacial score (nSPS) is 11.8. The standard InChI is InChI=1S/C16H24FNO2/c1-11(2)12-6-7-13(14(17)8-12)9-18-10-15(19)20-16(3,4)5/h6-8,11,18H,9-10H2,1-5H3. The van der Waals surface area contributed by atoms with Crippen molar-refractivity contribution in [2.75, 3.05) is 6.54 Å². The first kappa shape index (κ1) is 16.6. The molecule has 4 heteroatoms. The van der Waals surface area contributed by atoms with Gasteiger partial charge in [0, 0.05) is 12.1 Å². The van der Waals surface area contributed by atoms with Crippen LogP contribution < -0.4 is 5.32 Å². The lowest BCUT2D eigenvalue weighted by atomic mass is 10.0. The van der Waals surface area contributed by atoms with E-state index in [1.807, 2.05) is 40.7 Å². The number of carbonyl (C=O) groups is 1. The van der Waals surface area contributed by atoms with E-state index < -0.39 is 5.60 Å². The Kier molecular flexibility index (Phi) is 5.69. The summed E-state index contributed by atoms with van der Waals surface area (Å²) in [4.78, 5) is 11.5. The van der Waals surface area contributed by atoms with Gasteiger partial charge in [-0.1, -0.05) is 26.0 Å². The lowest BCUT2D eigenvalue weighted by Crippen LogP contribution is -2.31. The summed E-state index contributed by atoms with van der Waals surface area (Å²) in [6, 6.07) is 5.22. The fraction of sp³-hybridized carbons (Fsp3) is 0.562. The van der Waals surface area contributed by atoms with E-state index in [1.54, 1.807) is 12.1 Å².